The van der Waals surface area contributed by atoms with Crippen LogP contribution in [0.3, 0.4) is 0 Å². The number of anilines is 1. The van der Waals surface area contributed by atoms with Crippen LogP contribution in [0.4, 0.5) is 5.69 Å². The summed E-state index contributed by atoms with van der Waals surface area (Å²) in [5.74, 6) is -1.19. The lowest BCUT2D eigenvalue weighted by Gasteiger charge is -2.31. The number of amides is 2. The molecule has 1 heterocycles. The van der Waals surface area contributed by atoms with Crippen LogP contribution in [0.5, 0.6) is 0 Å². The molecule has 2 amide bonds. The Balaban J connectivity index is 1.54. The second-order valence-corrected chi connectivity index (χ2v) is 9.16. The van der Waals surface area contributed by atoms with Crippen LogP contribution < -0.4 is 10.6 Å². The van der Waals surface area contributed by atoms with E-state index in [-0.39, 0.29) is 29.8 Å². The largest absolute Gasteiger partial charge is 0.347 e. The Hall–Kier alpha value is -2.42. The molecule has 2 aromatic rings. The maximum absolute atomic E-state index is 12.8. The first-order valence-corrected chi connectivity index (χ1v) is 11.1. The summed E-state index contributed by atoms with van der Waals surface area (Å²) in [5, 5.41) is 5.82. The van der Waals surface area contributed by atoms with Crippen molar-refractivity contribution >= 4 is 39.1 Å². The molecule has 0 unspecified atom stereocenters. The summed E-state index contributed by atoms with van der Waals surface area (Å²) in [4.78, 5) is 24.7. The van der Waals surface area contributed by atoms with E-state index in [0.29, 0.717) is 30.1 Å². The van der Waals surface area contributed by atoms with Crippen LogP contribution in [0.1, 0.15) is 12.8 Å². The monoisotopic (exact) mass is 435 g/mol. The molecule has 1 saturated heterocycles. The minimum absolute atomic E-state index is 0.0991. The fourth-order valence-corrected chi connectivity index (χ4v) is 4.84. The maximum atomic E-state index is 12.8. The molecule has 1 aliphatic heterocycles. The van der Waals surface area contributed by atoms with Crippen molar-refractivity contribution in [1.29, 1.82) is 0 Å². The van der Waals surface area contributed by atoms with Crippen molar-refractivity contribution < 1.29 is 18.0 Å². The number of nitrogens with one attached hydrogen (secondary N) is 2. The molecule has 9 heteroatoms. The van der Waals surface area contributed by atoms with E-state index in [1.54, 1.807) is 54.6 Å². The summed E-state index contributed by atoms with van der Waals surface area (Å²) in [5.41, 5.74) is 0.575. The van der Waals surface area contributed by atoms with Gasteiger partial charge >= 0.3 is 0 Å². The molecule has 2 aromatic carbocycles. The molecule has 0 radical (unpaired) electrons. The van der Waals surface area contributed by atoms with E-state index in [1.165, 1.54) is 4.31 Å². The molecule has 0 spiro atoms. The molecule has 3 rings (SSSR count). The zero-order chi connectivity index (χ0) is 20.9. The van der Waals surface area contributed by atoms with Crippen LogP contribution in [-0.4, -0.2) is 44.2 Å². The highest BCUT2D eigenvalue weighted by atomic mass is 35.5. The van der Waals surface area contributed by atoms with Crippen molar-refractivity contribution in [1.82, 2.24) is 9.62 Å². The molecule has 1 aliphatic rings. The van der Waals surface area contributed by atoms with E-state index >= 15 is 0 Å². The predicted octanol–water partition coefficient (Wildman–Crippen LogP) is 2.50. The van der Waals surface area contributed by atoms with Gasteiger partial charge in [-0.1, -0.05) is 29.8 Å². The van der Waals surface area contributed by atoms with E-state index < -0.39 is 15.9 Å². The first-order valence-electron chi connectivity index (χ1n) is 9.24. The van der Waals surface area contributed by atoms with Gasteiger partial charge in [-0.25, -0.2) is 8.42 Å². The minimum Gasteiger partial charge on any atom is -0.347 e. The molecule has 0 saturated carbocycles. The second kappa shape index (κ2) is 9.39. The third-order valence-corrected chi connectivity index (χ3v) is 6.82. The highest BCUT2D eigenvalue weighted by molar-refractivity contribution is 7.89. The van der Waals surface area contributed by atoms with Gasteiger partial charge in [0.05, 0.1) is 17.4 Å². The van der Waals surface area contributed by atoms with E-state index in [4.69, 9.17) is 11.6 Å². The average molecular weight is 436 g/mol. The van der Waals surface area contributed by atoms with Crippen molar-refractivity contribution in [2.24, 2.45) is 5.92 Å². The normalized spacial score (nSPS) is 17.5. The number of piperidine rings is 1. The Kier molecular flexibility index (Phi) is 6.89. The number of carbonyl (C=O) groups excluding carboxylic acids is 2. The van der Waals surface area contributed by atoms with Gasteiger partial charge in [0.1, 0.15) is 0 Å². The van der Waals surface area contributed by atoms with Gasteiger partial charge in [0.15, 0.2) is 0 Å². The number of rotatable bonds is 6. The van der Waals surface area contributed by atoms with E-state index in [0.717, 1.165) is 0 Å². The summed E-state index contributed by atoms with van der Waals surface area (Å²) in [6, 6.07) is 14.8. The van der Waals surface area contributed by atoms with Crippen LogP contribution >= 0.6 is 11.6 Å². The minimum atomic E-state index is -3.64. The summed E-state index contributed by atoms with van der Waals surface area (Å²) in [6.45, 7) is 0.281. The van der Waals surface area contributed by atoms with E-state index in [1.807, 2.05) is 0 Å². The van der Waals surface area contributed by atoms with Crippen molar-refractivity contribution in [3.63, 3.8) is 0 Å². The first-order chi connectivity index (χ1) is 13.9. The number of nitrogens with zero attached hydrogens (tertiary/aromatic N) is 1. The SMILES string of the molecule is O=C(CNC(=O)[C@@H]1CCCN(S(=O)(=O)c2ccccc2)C1)Nc1ccc(Cl)cc1. The standard InChI is InChI=1S/C20H22ClN3O4S/c21-16-8-10-17(11-9-16)23-19(25)13-22-20(26)15-5-4-12-24(14-15)29(27,28)18-6-2-1-3-7-18/h1-3,6-11,15H,4-5,12-14H2,(H,22,26)(H,23,25)/t15-/m1/s1. The van der Waals surface area contributed by atoms with Gasteiger partial charge in [-0.15, -0.1) is 0 Å². The number of hydrogen-bond acceptors (Lipinski definition) is 4. The summed E-state index contributed by atoms with van der Waals surface area (Å²) >= 11 is 5.80. The molecular formula is C20H22ClN3O4S. The molecule has 1 atom stereocenters. The third kappa shape index (κ3) is 5.56. The predicted molar refractivity (Wildman–Crippen MR) is 111 cm³/mol. The molecule has 7 nitrogen and oxygen atoms in total. The highest BCUT2D eigenvalue weighted by Crippen LogP contribution is 2.23. The highest BCUT2D eigenvalue weighted by Gasteiger charge is 2.33. The number of benzene rings is 2. The van der Waals surface area contributed by atoms with Gasteiger partial charge in [-0.05, 0) is 49.2 Å². The van der Waals surface area contributed by atoms with Crippen LogP contribution in [0, 0.1) is 5.92 Å². The lowest BCUT2D eigenvalue weighted by Crippen LogP contribution is -2.46. The van der Waals surface area contributed by atoms with Gasteiger partial charge in [0.25, 0.3) is 0 Å². The summed E-state index contributed by atoms with van der Waals surface area (Å²) < 4.78 is 26.9. The quantitative estimate of drug-likeness (QED) is 0.728. The molecule has 154 valence electrons. The van der Waals surface area contributed by atoms with Gasteiger partial charge in [0.2, 0.25) is 21.8 Å². The number of sulfonamides is 1. The molecule has 29 heavy (non-hydrogen) atoms. The van der Waals surface area contributed by atoms with Crippen molar-refractivity contribution in [3.05, 3.63) is 59.6 Å². The molecule has 0 aliphatic carbocycles. The van der Waals surface area contributed by atoms with E-state index in [2.05, 4.69) is 10.6 Å². The Bertz CT molecular complexity index is 965. The zero-order valence-corrected chi connectivity index (χ0v) is 17.2. The maximum Gasteiger partial charge on any atom is 0.243 e. The number of carbonyl (C=O) groups is 2. The van der Waals surface area contributed by atoms with Crippen molar-refractivity contribution in [2.75, 3.05) is 25.0 Å². The molecule has 0 aromatic heterocycles. The Morgan fingerprint density at radius 2 is 1.76 bits per heavy atom. The van der Waals surface area contributed by atoms with Gasteiger partial charge in [0, 0.05) is 23.8 Å². The second-order valence-electron chi connectivity index (χ2n) is 6.79. The van der Waals surface area contributed by atoms with Crippen molar-refractivity contribution in [2.45, 2.75) is 17.7 Å². The fraction of sp³-hybridized carbons (Fsp3) is 0.300. The lowest BCUT2D eigenvalue weighted by molar-refractivity contribution is -0.128. The first kappa shape index (κ1) is 21.3. The zero-order valence-electron chi connectivity index (χ0n) is 15.7. The topological polar surface area (TPSA) is 95.6 Å². The van der Waals surface area contributed by atoms with Crippen molar-refractivity contribution in [3.8, 4) is 0 Å². The van der Waals surface area contributed by atoms with Crippen LogP contribution in [0.25, 0.3) is 0 Å². The van der Waals surface area contributed by atoms with E-state index in [9.17, 15) is 18.0 Å². The third-order valence-electron chi connectivity index (χ3n) is 4.69. The van der Waals surface area contributed by atoms with Crippen LogP contribution in [0.2, 0.25) is 5.02 Å². The van der Waals surface area contributed by atoms with Crippen LogP contribution in [-0.2, 0) is 19.6 Å². The number of halogens is 1. The Labute approximate surface area is 175 Å². The summed E-state index contributed by atoms with van der Waals surface area (Å²) in [6.07, 6.45) is 1.16. The smallest absolute Gasteiger partial charge is 0.243 e. The lowest BCUT2D eigenvalue weighted by atomic mass is 9.99. The Morgan fingerprint density at radius 3 is 2.45 bits per heavy atom. The molecule has 1 fully saturated rings. The molecule has 2 N–H and O–H groups in total. The van der Waals surface area contributed by atoms with Gasteiger partial charge in [-0.2, -0.15) is 4.31 Å². The van der Waals surface area contributed by atoms with Gasteiger partial charge < -0.3 is 10.6 Å². The van der Waals surface area contributed by atoms with Gasteiger partial charge in [-0.3, -0.25) is 9.59 Å². The fourth-order valence-electron chi connectivity index (χ4n) is 3.17. The molecular weight excluding hydrogens is 414 g/mol. The number of hydrogen-bond donors (Lipinski definition) is 2. The molecule has 0 bridgehead atoms. The Morgan fingerprint density at radius 1 is 1.07 bits per heavy atom. The average Bonchev–Trinajstić information content (AvgIpc) is 2.74. The summed E-state index contributed by atoms with van der Waals surface area (Å²) in [7, 11) is -3.64. The van der Waals surface area contributed by atoms with Crippen LogP contribution in [0.15, 0.2) is 59.5 Å².